The number of thioether (sulfide) groups is 1. The second kappa shape index (κ2) is 4.28. The summed E-state index contributed by atoms with van der Waals surface area (Å²) in [7, 11) is -0.845. The summed E-state index contributed by atoms with van der Waals surface area (Å²) in [4.78, 5) is 3.94. The SMILES string of the molecule is COP(=O)(OC)OC1=NCCS1. The van der Waals surface area contributed by atoms with E-state index >= 15 is 0 Å². The Balaban J connectivity index is 2.53. The summed E-state index contributed by atoms with van der Waals surface area (Å²) < 4.78 is 25.4. The third-order valence-electron chi connectivity index (χ3n) is 1.19. The maximum atomic E-state index is 11.3. The molecule has 0 amide bonds. The summed E-state index contributed by atoms with van der Waals surface area (Å²) in [5.74, 6) is 0.850. The highest BCUT2D eigenvalue weighted by Crippen LogP contribution is 2.49. The van der Waals surface area contributed by atoms with Gasteiger partial charge in [0.25, 0.3) is 5.23 Å². The molecule has 0 spiro atoms. The van der Waals surface area contributed by atoms with Crippen LogP contribution in [-0.4, -0.2) is 31.7 Å². The number of hydrogen-bond donors (Lipinski definition) is 0. The third-order valence-corrected chi connectivity index (χ3v) is 3.46. The highest BCUT2D eigenvalue weighted by Gasteiger charge is 2.27. The van der Waals surface area contributed by atoms with Crippen molar-refractivity contribution in [3.05, 3.63) is 0 Å². The zero-order valence-electron chi connectivity index (χ0n) is 6.85. The average molecular weight is 211 g/mol. The second-order valence-electron chi connectivity index (χ2n) is 1.90. The number of phosphoric ester groups is 1. The Morgan fingerprint density at radius 2 is 2.17 bits per heavy atom. The van der Waals surface area contributed by atoms with Gasteiger partial charge < -0.3 is 4.52 Å². The summed E-state index contributed by atoms with van der Waals surface area (Å²) in [6.07, 6.45) is 0. The van der Waals surface area contributed by atoms with Crippen LogP contribution in [0.2, 0.25) is 0 Å². The van der Waals surface area contributed by atoms with Gasteiger partial charge >= 0.3 is 7.82 Å². The fourth-order valence-electron chi connectivity index (χ4n) is 0.615. The molecule has 70 valence electrons. The zero-order chi connectivity index (χ0) is 9.03. The largest absolute Gasteiger partial charge is 0.531 e. The maximum Gasteiger partial charge on any atom is 0.531 e. The summed E-state index contributed by atoms with van der Waals surface area (Å²) >= 11 is 1.40. The Kier molecular flexibility index (Phi) is 3.58. The minimum atomic E-state index is -3.38. The van der Waals surface area contributed by atoms with E-state index in [4.69, 9.17) is 4.52 Å². The summed E-state index contributed by atoms with van der Waals surface area (Å²) in [5.41, 5.74) is 0. The third kappa shape index (κ3) is 2.48. The lowest BCUT2D eigenvalue weighted by Crippen LogP contribution is -1.98. The van der Waals surface area contributed by atoms with Crippen LogP contribution in [0.25, 0.3) is 0 Å². The molecular weight excluding hydrogens is 201 g/mol. The van der Waals surface area contributed by atoms with Crippen molar-refractivity contribution in [2.24, 2.45) is 4.99 Å². The molecule has 0 radical (unpaired) electrons. The lowest BCUT2D eigenvalue weighted by molar-refractivity contribution is 0.209. The van der Waals surface area contributed by atoms with Gasteiger partial charge in [-0.3, -0.25) is 9.05 Å². The van der Waals surface area contributed by atoms with Gasteiger partial charge in [0, 0.05) is 20.0 Å². The van der Waals surface area contributed by atoms with Gasteiger partial charge in [-0.1, -0.05) is 11.8 Å². The Morgan fingerprint density at radius 1 is 1.50 bits per heavy atom. The van der Waals surface area contributed by atoms with Crippen molar-refractivity contribution in [1.29, 1.82) is 0 Å². The van der Waals surface area contributed by atoms with Crippen LogP contribution in [0.3, 0.4) is 0 Å². The first-order chi connectivity index (χ1) is 5.70. The highest BCUT2D eigenvalue weighted by atomic mass is 32.2. The number of phosphoric acid groups is 1. The van der Waals surface area contributed by atoms with Gasteiger partial charge in [0.15, 0.2) is 0 Å². The van der Waals surface area contributed by atoms with Crippen molar-refractivity contribution in [3.63, 3.8) is 0 Å². The van der Waals surface area contributed by atoms with Crippen molar-refractivity contribution >= 4 is 24.8 Å². The predicted molar refractivity (Wildman–Crippen MR) is 47.5 cm³/mol. The average Bonchev–Trinajstić information content (AvgIpc) is 2.57. The lowest BCUT2D eigenvalue weighted by Gasteiger charge is -2.12. The van der Waals surface area contributed by atoms with E-state index < -0.39 is 7.82 Å². The van der Waals surface area contributed by atoms with Gasteiger partial charge in [-0.25, -0.2) is 9.56 Å². The van der Waals surface area contributed by atoms with Gasteiger partial charge in [-0.2, -0.15) is 0 Å². The van der Waals surface area contributed by atoms with Crippen LogP contribution >= 0.6 is 19.6 Å². The molecule has 0 atom stereocenters. The van der Waals surface area contributed by atoms with Gasteiger partial charge in [-0.05, 0) is 0 Å². The summed E-state index contributed by atoms with van der Waals surface area (Å²) in [6.45, 7) is 0.688. The van der Waals surface area contributed by atoms with Gasteiger partial charge in [0.1, 0.15) is 0 Å². The van der Waals surface area contributed by atoms with E-state index in [-0.39, 0.29) is 0 Å². The Hall–Kier alpha value is -0.0300. The van der Waals surface area contributed by atoms with Crippen LogP contribution < -0.4 is 0 Å². The van der Waals surface area contributed by atoms with E-state index in [1.165, 1.54) is 26.0 Å². The van der Waals surface area contributed by atoms with Crippen molar-refractivity contribution in [2.45, 2.75) is 0 Å². The van der Waals surface area contributed by atoms with Gasteiger partial charge in [-0.15, -0.1) is 0 Å². The minimum absolute atomic E-state index is 0.377. The maximum absolute atomic E-state index is 11.3. The Labute approximate surface area is 75.1 Å². The molecule has 1 rings (SSSR count). The molecule has 1 heterocycles. The molecule has 0 aromatic heterocycles. The number of hydrogen-bond acceptors (Lipinski definition) is 6. The summed E-state index contributed by atoms with van der Waals surface area (Å²) in [5, 5.41) is 0.377. The molecule has 0 N–H and O–H groups in total. The molecule has 0 aromatic carbocycles. The quantitative estimate of drug-likeness (QED) is 0.662. The van der Waals surface area contributed by atoms with E-state index in [0.717, 1.165) is 5.75 Å². The predicted octanol–water partition coefficient (Wildman–Crippen LogP) is 1.51. The van der Waals surface area contributed by atoms with Crippen LogP contribution in [0.1, 0.15) is 0 Å². The molecule has 12 heavy (non-hydrogen) atoms. The van der Waals surface area contributed by atoms with E-state index in [1.807, 2.05) is 0 Å². The number of nitrogens with zero attached hydrogens (tertiary/aromatic N) is 1. The van der Waals surface area contributed by atoms with Crippen molar-refractivity contribution in [2.75, 3.05) is 26.5 Å². The topological polar surface area (TPSA) is 57.1 Å². The number of rotatable bonds is 3. The normalized spacial score (nSPS) is 17.7. The molecule has 0 aromatic rings. The minimum Gasteiger partial charge on any atom is -0.380 e. The smallest absolute Gasteiger partial charge is 0.380 e. The molecule has 0 aliphatic carbocycles. The van der Waals surface area contributed by atoms with Crippen LogP contribution in [0.5, 0.6) is 0 Å². The molecule has 0 bridgehead atoms. The molecule has 0 saturated heterocycles. The first kappa shape index (κ1) is 10.1. The summed E-state index contributed by atoms with van der Waals surface area (Å²) in [6, 6.07) is 0. The molecular formula is C5H10NO4PS. The highest BCUT2D eigenvalue weighted by molar-refractivity contribution is 8.14. The van der Waals surface area contributed by atoms with Gasteiger partial charge in [0.05, 0.1) is 6.54 Å². The monoisotopic (exact) mass is 211 g/mol. The van der Waals surface area contributed by atoms with Crippen LogP contribution in [-0.2, 0) is 18.1 Å². The van der Waals surface area contributed by atoms with Crippen molar-refractivity contribution < 1.29 is 18.1 Å². The fourth-order valence-corrected chi connectivity index (χ4v) is 2.19. The Morgan fingerprint density at radius 3 is 2.58 bits per heavy atom. The molecule has 0 fully saturated rings. The molecule has 5 nitrogen and oxygen atoms in total. The molecule has 1 aliphatic rings. The van der Waals surface area contributed by atoms with Crippen LogP contribution in [0.4, 0.5) is 0 Å². The van der Waals surface area contributed by atoms with Gasteiger partial charge in [0.2, 0.25) is 0 Å². The van der Waals surface area contributed by atoms with E-state index in [1.54, 1.807) is 0 Å². The lowest BCUT2D eigenvalue weighted by atomic mass is 10.8. The standard InChI is InChI=1S/C5H10NO4PS/c1-8-11(7,9-2)10-5-6-3-4-12-5/h3-4H2,1-2H3. The second-order valence-corrected chi connectivity index (χ2v) is 4.75. The molecule has 0 saturated carbocycles. The van der Waals surface area contributed by atoms with Crippen LogP contribution in [0, 0.1) is 0 Å². The first-order valence-electron chi connectivity index (χ1n) is 3.28. The van der Waals surface area contributed by atoms with Crippen LogP contribution in [0.15, 0.2) is 4.99 Å². The number of aliphatic imine (C=N–C) groups is 1. The zero-order valence-corrected chi connectivity index (χ0v) is 8.56. The van der Waals surface area contributed by atoms with E-state index in [0.29, 0.717) is 11.8 Å². The van der Waals surface area contributed by atoms with Crippen molar-refractivity contribution in [1.82, 2.24) is 0 Å². The molecule has 7 heteroatoms. The van der Waals surface area contributed by atoms with Crippen molar-refractivity contribution in [3.8, 4) is 0 Å². The van der Waals surface area contributed by atoms with E-state index in [9.17, 15) is 4.57 Å². The molecule has 1 aliphatic heterocycles. The Bertz CT molecular complexity index is 223. The first-order valence-corrected chi connectivity index (χ1v) is 5.73. The van der Waals surface area contributed by atoms with E-state index in [2.05, 4.69) is 14.0 Å². The molecule has 0 unspecified atom stereocenters. The fraction of sp³-hybridized carbons (Fsp3) is 0.800.